The summed E-state index contributed by atoms with van der Waals surface area (Å²) in [6, 6.07) is 0. The molecule has 0 aliphatic carbocycles. The van der Waals surface area contributed by atoms with Gasteiger partial charge in [0.25, 0.3) is 0 Å². The SMILES string of the molecule is C=C/C=C\C(Cl)=C(C)C. The van der Waals surface area contributed by atoms with E-state index in [2.05, 4.69) is 6.58 Å². The van der Waals surface area contributed by atoms with E-state index in [9.17, 15) is 0 Å². The predicted molar refractivity (Wildman–Crippen MR) is 43.6 cm³/mol. The van der Waals surface area contributed by atoms with Gasteiger partial charge in [0.05, 0.1) is 0 Å². The lowest BCUT2D eigenvalue weighted by Gasteiger charge is -1.89. The molecule has 0 aliphatic rings. The highest BCUT2D eigenvalue weighted by Crippen LogP contribution is 2.08. The van der Waals surface area contributed by atoms with Crippen molar-refractivity contribution in [1.82, 2.24) is 0 Å². The van der Waals surface area contributed by atoms with E-state index in [4.69, 9.17) is 11.6 Å². The van der Waals surface area contributed by atoms with E-state index in [-0.39, 0.29) is 0 Å². The van der Waals surface area contributed by atoms with Crippen molar-refractivity contribution in [2.24, 2.45) is 0 Å². The lowest BCUT2D eigenvalue weighted by Crippen LogP contribution is -1.67. The Morgan fingerprint density at radius 1 is 1.44 bits per heavy atom. The Bertz CT molecular complexity index is 148. The highest BCUT2D eigenvalue weighted by molar-refractivity contribution is 6.31. The van der Waals surface area contributed by atoms with Gasteiger partial charge in [-0.25, -0.2) is 0 Å². The molecule has 0 amide bonds. The van der Waals surface area contributed by atoms with Gasteiger partial charge in [-0.2, -0.15) is 0 Å². The Morgan fingerprint density at radius 2 is 2.00 bits per heavy atom. The quantitative estimate of drug-likeness (QED) is 0.520. The first-order valence-electron chi connectivity index (χ1n) is 2.80. The highest BCUT2D eigenvalue weighted by Gasteiger charge is 1.84. The third-order valence-electron chi connectivity index (χ3n) is 0.856. The third-order valence-corrected chi connectivity index (χ3v) is 1.36. The van der Waals surface area contributed by atoms with Crippen molar-refractivity contribution >= 4 is 11.6 Å². The Kier molecular flexibility index (Phi) is 4.16. The van der Waals surface area contributed by atoms with Crippen molar-refractivity contribution in [3.63, 3.8) is 0 Å². The van der Waals surface area contributed by atoms with Gasteiger partial charge >= 0.3 is 0 Å². The minimum Gasteiger partial charge on any atom is -0.0991 e. The summed E-state index contributed by atoms with van der Waals surface area (Å²) < 4.78 is 0. The van der Waals surface area contributed by atoms with Crippen LogP contribution in [0.3, 0.4) is 0 Å². The molecule has 0 bridgehead atoms. The largest absolute Gasteiger partial charge is 0.0991 e. The van der Waals surface area contributed by atoms with Crippen LogP contribution in [0, 0.1) is 0 Å². The number of hydrogen-bond donors (Lipinski definition) is 0. The summed E-state index contributed by atoms with van der Waals surface area (Å²) in [5, 5.41) is 0.787. The summed E-state index contributed by atoms with van der Waals surface area (Å²) in [4.78, 5) is 0. The van der Waals surface area contributed by atoms with Gasteiger partial charge in [0.1, 0.15) is 0 Å². The first-order chi connectivity index (χ1) is 4.18. The molecule has 0 aliphatic heterocycles. The molecular weight excluding hydrogens is 132 g/mol. The van der Waals surface area contributed by atoms with Gasteiger partial charge in [0.15, 0.2) is 0 Å². The Balaban J connectivity index is 4.06. The van der Waals surface area contributed by atoms with Gasteiger partial charge in [0.2, 0.25) is 0 Å². The average Bonchev–Trinajstić information content (AvgIpc) is 1.82. The molecule has 0 saturated carbocycles. The zero-order valence-corrected chi connectivity index (χ0v) is 6.57. The van der Waals surface area contributed by atoms with E-state index in [0.717, 1.165) is 10.6 Å². The van der Waals surface area contributed by atoms with Gasteiger partial charge in [-0.15, -0.1) is 0 Å². The maximum Gasteiger partial charge on any atom is 0.0392 e. The molecule has 0 radical (unpaired) electrons. The summed E-state index contributed by atoms with van der Waals surface area (Å²) in [5.74, 6) is 0. The lowest BCUT2D eigenvalue weighted by atomic mass is 10.3. The molecule has 0 fully saturated rings. The van der Waals surface area contributed by atoms with Crippen molar-refractivity contribution < 1.29 is 0 Å². The van der Waals surface area contributed by atoms with Gasteiger partial charge in [-0.1, -0.05) is 35.9 Å². The van der Waals surface area contributed by atoms with Crippen molar-refractivity contribution in [1.29, 1.82) is 0 Å². The van der Waals surface area contributed by atoms with Crippen LogP contribution in [-0.4, -0.2) is 0 Å². The Morgan fingerprint density at radius 3 is 2.33 bits per heavy atom. The van der Waals surface area contributed by atoms with E-state index >= 15 is 0 Å². The molecule has 1 heteroatoms. The second-order valence-electron chi connectivity index (χ2n) is 1.94. The molecule has 0 heterocycles. The molecule has 0 N–H and O–H groups in total. The molecular formula is C8H11Cl. The second-order valence-corrected chi connectivity index (χ2v) is 2.35. The van der Waals surface area contributed by atoms with Crippen LogP contribution in [0.25, 0.3) is 0 Å². The van der Waals surface area contributed by atoms with E-state index in [1.165, 1.54) is 0 Å². The van der Waals surface area contributed by atoms with Crippen LogP contribution in [0.2, 0.25) is 0 Å². The number of hydrogen-bond acceptors (Lipinski definition) is 0. The predicted octanol–water partition coefficient (Wildman–Crippen LogP) is 3.26. The van der Waals surface area contributed by atoms with Crippen molar-refractivity contribution in [2.75, 3.05) is 0 Å². The standard InChI is InChI=1S/C8H11Cl/c1-4-5-6-8(9)7(2)3/h4-6H,1H2,2-3H3/b6-5-. The van der Waals surface area contributed by atoms with E-state index < -0.39 is 0 Å². The minimum absolute atomic E-state index is 0.787. The molecule has 0 aromatic heterocycles. The van der Waals surface area contributed by atoms with Crippen LogP contribution in [0.15, 0.2) is 35.4 Å². The second kappa shape index (κ2) is 4.39. The minimum atomic E-state index is 0.787. The van der Waals surface area contributed by atoms with Crippen molar-refractivity contribution in [3.8, 4) is 0 Å². The topological polar surface area (TPSA) is 0 Å². The zero-order valence-electron chi connectivity index (χ0n) is 5.82. The van der Waals surface area contributed by atoms with Gasteiger partial charge in [-0.3, -0.25) is 0 Å². The summed E-state index contributed by atoms with van der Waals surface area (Å²) in [7, 11) is 0. The fourth-order valence-electron chi connectivity index (χ4n) is 0.319. The molecule has 0 unspecified atom stereocenters. The molecule has 0 aromatic rings. The third kappa shape index (κ3) is 4.04. The van der Waals surface area contributed by atoms with Crippen LogP contribution in [-0.2, 0) is 0 Å². The normalized spacial score (nSPS) is 9.67. The summed E-state index contributed by atoms with van der Waals surface area (Å²) >= 11 is 5.74. The van der Waals surface area contributed by atoms with E-state index in [1.54, 1.807) is 6.08 Å². The Hall–Kier alpha value is -0.490. The fourth-order valence-corrected chi connectivity index (χ4v) is 0.392. The zero-order chi connectivity index (χ0) is 7.28. The van der Waals surface area contributed by atoms with Gasteiger partial charge in [-0.05, 0) is 19.9 Å². The van der Waals surface area contributed by atoms with E-state index in [0.29, 0.717) is 0 Å². The maximum absolute atomic E-state index is 5.74. The van der Waals surface area contributed by atoms with Crippen LogP contribution in [0.1, 0.15) is 13.8 Å². The van der Waals surface area contributed by atoms with Gasteiger partial charge < -0.3 is 0 Å². The van der Waals surface area contributed by atoms with Gasteiger partial charge in [0, 0.05) is 5.03 Å². The molecule has 0 rings (SSSR count). The summed E-state index contributed by atoms with van der Waals surface area (Å²) in [5.41, 5.74) is 1.12. The molecule has 0 saturated heterocycles. The Labute approximate surface area is 61.5 Å². The van der Waals surface area contributed by atoms with Crippen molar-refractivity contribution in [3.05, 3.63) is 35.4 Å². The molecule has 0 atom stereocenters. The number of allylic oxidation sites excluding steroid dienone is 5. The maximum atomic E-state index is 5.74. The number of rotatable bonds is 2. The monoisotopic (exact) mass is 142 g/mol. The molecule has 50 valence electrons. The molecule has 0 spiro atoms. The fraction of sp³-hybridized carbons (Fsp3) is 0.250. The van der Waals surface area contributed by atoms with Crippen LogP contribution >= 0.6 is 11.6 Å². The first kappa shape index (κ1) is 8.51. The smallest absolute Gasteiger partial charge is 0.0392 e. The van der Waals surface area contributed by atoms with Crippen molar-refractivity contribution in [2.45, 2.75) is 13.8 Å². The molecule has 0 aromatic carbocycles. The molecule has 9 heavy (non-hydrogen) atoms. The van der Waals surface area contributed by atoms with Crippen LogP contribution in [0.4, 0.5) is 0 Å². The average molecular weight is 143 g/mol. The first-order valence-corrected chi connectivity index (χ1v) is 3.18. The van der Waals surface area contributed by atoms with Crippen LogP contribution in [0.5, 0.6) is 0 Å². The molecule has 0 nitrogen and oxygen atoms in total. The summed E-state index contributed by atoms with van der Waals surface area (Å²) in [6.07, 6.45) is 5.34. The van der Waals surface area contributed by atoms with Crippen LogP contribution < -0.4 is 0 Å². The summed E-state index contributed by atoms with van der Waals surface area (Å²) in [6.45, 7) is 7.46. The highest BCUT2D eigenvalue weighted by atomic mass is 35.5. The lowest BCUT2D eigenvalue weighted by molar-refractivity contribution is 1.38. The number of halogens is 1. The van der Waals surface area contributed by atoms with E-state index in [1.807, 2.05) is 26.0 Å².